The molecule has 0 spiro atoms. The van der Waals surface area contributed by atoms with Crippen molar-refractivity contribution in [2.45, 2.75) is 44.9 Å². The van der Waals surface area contributed by atoms with Gasteiger partial charge in [0.1, 0.15) is 0 Å². The summed E-state index contributed by atoms with van der Waals surface area (Å²) in [5, 5.41) is 3.65. The average Bonchev–Trinajstić information content (AvgIpc) is 2.25. The fourth-order valence-electron chi connectivity index (χ4n) is 5.38. The van der Waals surface area contributed by atoms with Crippen molar-refractivity contribution in [1.29, 1.82) is 0 Å². The van der Waals surface area contributed by atoms with Crippen LogP contribution in [0.4, 0.5) is 0 Å². The molecule has 0 heterocycles. The highest BCUT2D eigenvalue weighted by molar-refractivity contribution is 5.85. The van der Waals surface area contributed by atoms with Crippen LogP contribution in [0.1, 0.15) is 44.9 Å². The summed E-state index contributed by atoms with van der Waals surface area (Å²) in [5.74, 6) is 3.33. The standard InChI is InChI=1S/C16H30N2.2ClH/c1-18(2)6-5-17-4-3-16-10-13-7-14(11-16)9-15(8-13)12-16;;/h13-15,17H,3-12H2,1-2H3;2*1H. The van der Waals surface area contributed by atoms with Crippen LogP contribution in [0, 0.1) is 23.2 Å². The van der Waals surface area contributed by atoms with Gasteiger partial charge in [-0.3, -0.25) is 0 Å². The first kappa shape index (κ1) is 18.5. The predicted molar refractivity (Wildman–Crippen MR) is 91.1 cm³/mol. The summed E-state index contributed by atoms with van der Waals surface area (Å²) in [6.07, 6.45) is 10.9. The van der Waals surface area contributed by atoms with E-state index in [2.05, 4.69) is 24.3 Å². The van der Waals surface area contributed by atoms with E-state index >= 15 is 0 Å². The van der Waals surface area contributed by atoms with Crippen molar-refractivity contribution in [3.05, 3.63) is 0 Å². The first-order valence-corrected chi connectivity index (χ1v) is 8.01. The lowest BCUT2D eigenvalue weighted by Gasteiger charge is -2.57. The molecular weight excluding hydrogens is 291 g/mol. The Balaban J connectivity index is 0.000001000. The molecule has 0 atom stereocenters. The number of nitrogens with zero attached hydrogens (tertiary/aromatic N) is 1. The molecule has 0 unspecified atom stereocenters. The molecule has 0 amide bonds. The number of likely N-dealkylation sites (N-methyl/N-ethyl adjacent to an activating group) is 1. The molecule has 0 aromatic carbocycles. The Morgan fingerprint density at radius 2 is 1.40 bits per heavy atom. The number of hydrogen-bond acceptors (Lipinski definition) is 2. The lowest BCUT2D eigenvalue weighted by molar-refractivity contribution is -0.0567. The lowest BCUT2D eigenvalue weighted by atomic mass is 9.49. The van der Waals surface area contributed by atoms with Crippen molar-refractivity contribution in [3.8, 4) is 0 Å². The van der Waals surface area contributed by atoms with Gasteiger partial charge in [-0.15, -0.1) is 24.8 Å². The number of halogens is 2. The second kappa shape index (κ2) is 7.67. The van der Waals surface area contributed by atoms with Gasteiger partial charge >= 0.3 is 0 Å². The summed E-state index contributed by atoms with van der Waals surface area (Å²) in [6, 6.07) is 0. The molecule has 4 aliphatic rings. The van der Waals surface area contributed by atoms with Crippen molar-refractivity contribution in [2.75, 3.05) is 33.7 Å². The van der Waals surface area contributed by atoms with Gasteiger partial charge < -0.3 is 10.2 Å². The Labute approximate surface area is 137 Å². The zero-order chi connectivity index (χ0) is 12.6. The first-order chi connectivity index (χ1) is 8.65. The van der Waals surface area contributed by atoms with Crippen molar-refractivity contribution in [2.24, 2.45) is 23.2 Å². The zero-order valence-corrected chi connectivity index (χ0v) is 14.7. The van der Waals surface area contributed by atoms with Crippen LogP contribution in [-0.4, -0.2) is 38.6 Å². The van der Waals surface area contributed by atoms with Gasteiger partial charge in [-0.1, -0.05) is 0 Å². The third kappa shape index (κ3) is 4.25. The summed E-state index contributed by atoms with van der Waals surface area (Å²) < 4.78 is 0. The fraction of sp³-hybridized carbons (Fsp3) is 1.00. The van der Waals surface area contributed by atoms with Gasteiger partial charge in [0.2, 0.25) is 0 Å². The van der Waals surface area contributed by atoms with Crippen LogP contribution < -0.4 is 5.32 Å². The van der Waals surface area contributed by atoms with E-state index in [1.54, 1.807) is 38.5 Å². The molecule has 4 heteroatoms. The van der Waals surface area contributed by atoms with E-state index < -0.39 is 0 Å². The molecule has 120 valence electrons. The minimum absolute atomic E-state index is 0. The van der Waals surface area contributed by atoms with Gasteiger partial charge in [-0.2, -0.15) is 0 Å². The Morgan fingerprint density at radius 3 is 1.85 bits per heavy atom. The molecule has 4 aliphatic carbocycles. The van der Waals surface area contributed by atoms with E-state index in [9.17, 15) is 0 Å². The summed E-state index contributed by atoms with van der Waals surface area (Å²) in [5.41, 5.74) is 0.764. The van der Waals surface area contributed by atoms with Crippen LogP contribution in [0.15, 0.2) is 0 Å². The highest BCUT2D eigenvalue weighted by atomic mass is 35.5. The molecule has 4 fully saturated rings. The number of rotatable bonds is 6. The maximum Gasteiger partial charge on any atom is 0.0101 e. The summed E-state index contributed by atoms with van der Waals surface area (Å²) in [7, 11) is 4.31. The Morgan fingerprint density at radius 1 is 0.900 bits per heavy atom. The van der Waals surface area contributed by atoms with E-state index in [0.29, 0.717) is 0 Å². The van der Waals surface area contributed by atoms with Crippen molar-refractivity contribution in [3.63, 3.8) is 0 Å². The average molecular weight is 323 g/mol. The first-order valence-electron chi connectivity index (χ1n) is 8.01. The van der Waals surface area contributed by atoms with Gasteiger partial charge in [-0.25, -0.2) is 0 Å². The van der Waals surface area contributed by atoms with Crippen molar-refractivity contribution < 1.29 is 0 Å². The maximum atomic E-state index is 3.65. The molecule has 4 saturated carbocycles. The zero-order valence-electron chi connectivity index (χ0n) is 13.1. The normalized spacial score (nSPS) is 37.6. The van der Waals surface area contributed by atoms with Crippen LogP contribution in [0.5, 0.6) is 0 Å². The topological polar surface area (TPSA) is 15.3 Å². The summed E-state index contributed by atoms with van der Waals surface area (Å²) >= 11 is 0. The lowest BCUT2D eigenvalue weighted by Crippen LogP contribution is -2.47. The molecule has 0 aromatic heterocycles. The third-order valence-corrected chi connectivity index (χ3v) is 5.73. The van der Waals surface area contributed by atoms with Crippen LogP contribution in [0.3, 0.4) is 0 Å². The second-order valence-corrected chi connectivity index (χ2v) is 7.72. The Bertz CT molecular complexity index is 259. The minimum Gasteiger partial charge on any atom is -0.315 e. The Hall–Kier alpha value is 0.500. The van der Waals surface area contributed by atoms with Crippen LogP contribution in [-0.2, 0) is 0 Å². The molecule has 0 aliphatic heterocycles. The molecule has 4 bridgehead atoms. The molecule has 2 nitrogen and oxygen atoms in total. The highest BCUT2D eigenvalue weighted by Gasteiger charge is 2.50. The van der Waals surface area contributed by atoms with E-state index in [-0.39, 0.29) is 24.8 Å². The number of hydrogen-bond donors (Lipinski definition) is 1. The van der Waals surface area contributed by atoms with Crippen molar-refractivity contribution in [1.82, 2.24) is 10.2 Å². The van der Waals surface area contributed by atoms with E-state index in [4.69, 9.17) is 0 Å². The third-order valence-electron chi connectivity index (χ3n) is 5.73. The van der Waals surface area contributed by atoms with Gasteiger partial charge in [-0.05, 0) is 88.8 Å². The van der Waals surface area contributed by atoms with Crippen molar-refractivity contribution >= 4 is 24.8 Å². The second-order valence-electron chi connectivity index (χ2n) is 7.72. The molecular formula is C16H32Cl2N2. The fourth-order valence-corrected chi connectivity index (χ4v) is 5.38. The van der Waals surface area contributed by atoms with Gasteiger partial charge in [0.25, 0.3) is 0 Å². The van der Waals surface area contributed by atoms with Crippen LogP contribution >= 0.6 is 24.8 Å². The largest absolute Gasteiger partial charge is 0.315 e. The SMILES string of the molecule is CN(C)CCNCCC12CC3CC(CC(C3)C1)C2.Cl.Cl. The van der Waals surface area contributed by atoms with Crippen LogP contribution in [0.25, 0.3) is 0 Å². The smallest absolute Gasteiger partial charge is 0.0101 e. The maximum absolute atomic E-state index is 3.65. The number of nitrogens with one attached hydrogen (secondary N) is 1. The molecule has 1 N–H and O–H groups in total. The molecule has 4 rings (SSSR count). The van der Waals surface area contributed by atoms with Gasteiger partial charge in [0.15, 0.2) is 0 Å². The van der Waals surface area contributed by atoms with E-state index in [1.165, 1.54) is 19.5 Å². The van der Waals surface area contributed by atoms with Gasteiger partial charge in [0.05, 0.1) is 0 Å². The van der Waals surface area contributed by atoms with E-state index in [0.717, 1.165) is 29.7 Å². The molecule has 20 heavy (non-hydrogen) atoms. The monoisotopic (exact) mass is 322 g/mol. The van der Waals surface area contributed by atoms with E-state index in [1.807, 2.05) is 0 Å². The quantitative estimate of drug-likeness (QED) is 0.752. The van der Waals surface area contributed by atoms with Crippen LogP contribution in [0.2, 0.25) is 0 Å². The summed E-state index contributed by atoms with van der Waals surface area (Å²) in [4.78, 5) is 2.26. The molecule has 0 radical (unpaired) electrons. The van der Waals surface area contributed by atoms with Gasteiger partial charge in [0, 0.05) is 13.1 Å². The molecule has 0 saturated heterocycles. The summed E-state index contributed by atoms with van der Waals surface area (Å²) in [6.45, 7) is 3.57. The predicted octanol–water partition coefficient (Wildman–Crippen LogP) is 3.59. The highest BCUT2D eigenvalue weighted by Crippen LogP contribution is 2.61. The minimum atomic E-state index is 0. The molecule has 0 aromatic rings. The Kier molecular flexibility index (Phi) is 7.11.